The van der Waals surface area contributed by atoms with Gasteiger partial charge >= 0.3 is 0 Å². The fourth-order valence-corrected chi connectivity index (χ4v) is 2.25. The van der Waals surface area contributed by atoms with Gasteiger partial charge in [0.1, 0.15) is 0 Å². The molecule has 1 aliphatic carbocycles. The Balaban J connectivity index is 1.78. The molecule has 2 aliphatic rings. The summed E-state index contributed by atoms with van der Waals surface area (Å²) in [6, 6.07) is 0.976. The van der Waals surface area contributed by atoms with Crippen LogP contribution < -0.4 is 0 Å². The van der Waals surface area contributed by atoms with Crippen molar-refractivity contribution in [3.63, 3.8) is 0 Å². The smallest absolute Gasteiger partial charge is 0.0127 e. The Labute approximate surface area is 69.1 Å². The minimum Gasteiger partial charge on any atom is -0.300 e. The first-order chi connectivity index (χ1) is 5.42. The fourth-order valence-electron chi connectivity index (χ4n) is 2.25. The molecule has 0 amide bonds. The molecule has 1 nitrogen and oxygen atoms in total. The lowest BCUT2D eigenvalue weighted by molar-refractivity contribution is 0.219. The van der Waals surface area contributed by atoms with Crippen molar-refractivity contribution in [2.45, 2.75) is 31.7 Å². The first kappa shape index (κ1) is 7.35. The minimum atomic E-state index is 0.976. The largest absolute Gasteiger partial charge is 0.300 e. The van der Waals surface area contributed by atoms with Crippen molar-refractivity contribution < 1.29 is 0 Å². The molecule has 0 N–H and O–H groups in total. The zero-order valence-electron chi connectivity index (χ0n) is 7.13. The lowest BCUT2D eigenvalue weighted by Crippen LogP contribution is -2.32. The number of hydrogen-bond acceptors (Lipinski definition) is 1. The van der Waals surface area contributed by atoms with E-state index >= 15 is 0 Å². The number of piperidine rings is 1. The summed E-state index contributed by atoms with van der Waals surface area (Å²) in [5.74, 6) is 1.08. The van der Waals surface area contributed by atoms with Crippen LogP contribution in [0.1, 0.15) is 25.7 Å². The molecule has 1 heterocycles. The Bertz CT molecular complexity index is 153. The number of nitrogens with zero attached hydrogens (tertiary/aromatic N) is 1. The highest BCUT2D eigenvalue weighted by Crippen LogP contribution is 2.42. The third-order valence-corrected chi connectivity index (χ3v) is 2.99. The average molecular weight is 151 g/mol. The molecule has 0 spiro atoms. The van der Waals surface area contributed by atoms with Gasteiger partial charge in [-0.25, -0.2) is 0 Å². The van der Waals surface area contributed by atoms with Crippen LogP contribution in [0.2, 0.25) is 0 Å². The van der Waals surface area contributed by atoms with Gasteiger partial charge in [0.05, 0.1) is 0 Å². The maximum atomic E-state index is 3.76. The summed E-state index contributed by atoms with van der Waals surface area (Å²) in [6.07, 6.45) is 7.61. The molecule has 0 unspecified atom stereocenters. The van der Waals surface area contributed by atoms with Crippen LogP contribution in [0, 0.1) is 5.92 Å². The molecule has 1 saturated heterocycles. The predicted octanol–water partition coefficient (Wildman–Crippen LogP) is 2.05. The van der Waals surface area contributed by atoms with Crippen LogP contribution in [0.3, 0.4) is 0 Å². The van der Waals surface area contributed by atoms with Crippen molar-refractivity contribution in [1.82, 2.24) is 4.90 Å². The van der Waals surface area contributed by atoms with Crippen LogP contribution in [0.4, 0.5) is 0 Å². The third-order valence-electron chi connectivity index (χ3n) is 2.99. The highest BCUT2D eigenvalue weighted by atomic mass is 15.2. The van der Waals surface area contributed by atoms with Crippen LogP contribution in [-0.2, 0) is 0 Å². The average Bonchev–Trinajstić information content (AvgIpc) is 2.79. The Morgan fingerprint density at radius 1 is 1.55 bits per heavy atom. The maximum Gasteiger partial charge on any atom is 0.0127 e. The van der Waals surface area contributed by atoms with Gasteiger partial charge in [-0.15, -0.1) is 6.58 Å². The molecule has 0 radical (unpaired) electrons. The minimum absolute atomic E-state index is 0.976. The quantitative estimate of drug-likeness (QED) is 0.558. The second-order valence-corrected chi connectivity index (χ2v) is 3.82. The number of fused-ring (bicyclic) bond motifs is 1. The van der Waals surface area contributed by atoms with E-state index in [0.29, 0.717) is 0 Å². The summed E-state index contributed by atoms with van der Waals surface area (Å²) in [4.78, 5) is 2.65. The van der Waals surface area contributed by atoms with E-state index in [0.717, 1.165) is 12.0 Å². The van der Waals surface area contributed by atoms with Gasteiger partial charge in [-0.05, 0) is 38.1 Å². The molecule has 62 valence electrons. The Kier molecular flexibility index (Phi) is 1.99. The second kappa shape index (κ2) is 2.98. The molecule has 1 heteroatoms. The molecule has 0 aromatic carbocycles. The Morgan fingerprint density at radius 3 is 3.27 bits per heavy atom. The van der Waals surface area contributed by atoms with Crippen molar-refractivity contribution in [2.24, 2.45) is 5.92 Å². The summed E-state index contributed by atoms with van der Waals surface area (Å²) >= 11 is 0. The summed E-state index contributed by atoms with van der Waals surface area (Å²) in [6.45, 7) is 6.35. The molecular formula is C10H17N. The van der Waals surface area contributed by atoms with Crippen LogP contribution >= 0.6 is 0 Å². The van der Waals surface area contributed by atoms with Crippen LogP contribution in [0.5, 0.6) is 0 Å². The fraction of sp³-hybridized carbons (Fsp3) is 0.800. The highest BCUT2D eigenvalue weighted by molar-refractivity contribution is 4.98. The van der Waals surface area contributed by atoms with E-state index in [2.05, 4.69) is 11.5 Å². The van der Waals surface area contributed by atoms with Crippen molar-refractivity contribution in [3.8, 4) is 0 Å². The molecule has 2 rings (SSSR count). The van der Waals surface area contributed by atoms with Gasteiger partial charge in [0.15, 0.2) is 0 Å². The van der Waals surface area contributed by atoms with E-state index in [9.17, 15) is 0 Å². The number of hydrogen-bond donors (Lipinski definition) is 0. The number of likely N-dealkylation sites (tertiary alicyclic amines) is 1. The topological polar surface area (TPSA) is 3.24 Å². The summed E-state index contributed by atoms with van der Waals surface area (Å²) < 4.78 is 0. The van der Waals surface area contributed by atoms with E-state index in [1.54, 1.807) is 0 Å². The predicted molar refractivity (Wildman–Crippen MR) is 47.5 cm³/mol. The van der Waals surface area contributed by atoms with Crippen LogP contribution in [0.25, 0.3) is 0 Å². The maximum absolute atomic E-state index is 3.76. The lowest BCUT2D eigenvalue weighted by Gasteiger charge is -2.25. The first-order valence-corrected chi connectivity index (χ1v) is 4.77. The van der Waals surface area contributed by atoms with Crippen molar-refractivity contribution in [1.29, 1.82) is 0 Å². The van der Waals surface area contributed by atoms with Gasteiger partial charge in [0.2, 0.25) is 0 Å². The third kappa shape index (κ3) is 1.48. The monoisotopic (exact) mass is 151 g/mol. The molecule has 0 bridgehead atoms. The summed E-state index contributed by atoms with van der Waals surface area (Å²) in [5, 5.41) is 0. The van der Waals surface area contributed by atoms with Crippen molar-refractivity contribution in [2.75, 3.05) is 13.1 Å². The zero-order valence-corrected chi connectivity index (χ0v) is 7.13. The second-order valence-electron chi connectivity index (χ2n) is 3.82. The SMILES string of the molecule is C=CCCN1CCC[C@@H]2C[C@@H]21. The highest BCUT2D eigenvalue weighted by Gasteiger charge is 2.43. The van der Waals surface area contributed by atoms with Crippen LogP contribution in [0.15, 0.2) is 12.7 Å². The Hall–Kier alpha value is -0.300. The molecule has 1 saturated carbocycles. The van der Waals surface area contributed by atoms with Gasteiger partial charge in [-0.2, -0.15) is 0 Å². The van der Waals surface area contributed by atoms with E-state index < -0.39 is 0 Å². The van der Waals surface area contributed by atoms with Gasteiger partial charge in [0, 0.05) is 12.6 Å². The molecule has 0 aromatic rings. The molecule has 2 fully saturated rings. The van der Waals surface area contributed by atoms with E-state index in [1.165, 1.54) is 38.8 Å². The van der Waals surface area contributed by atoms with Gasteiger partial charge in [0.25, 0.3) is 0 Å². The first-order valence-electron chi connectivity index (χ1n) is 4.77. The zero-order chi connectivity index (χ0) is 7.68. The Morgan fingerprint density at radius 2 is 2.45 bits per heavy atom. The lowest BCUT2D eigenvalue weighted by atomic mass is 10.1. The molecule has 0 aromatic heterocycles. The molecule has 2 atom stereocenters. The normalized spacial score (nSPS) is 36.4. The van der Waals surface area contributed by atoms with Gasteiger partial charge < -0.3 is 0 Å². The van der Waals surface area contributed by atoms with E-state index in [-0.39, 0.29) is 0 Å². The summed E-state index contributed by atoms with van der Waals surface area (Å²) in [7, 11) is 0. The van der Waals surface area contributed by atoms with E-state index in [4.69, 9.17) is 0 Å². The van der Waals surface area contributed by atoms with Crippen LogP contribution in [-0.4, -0.2) is 24.0 Å². The molecule has 11 heavy (non-hydrogen) atoms. The molecular weight excluding hydrogens is 134 g/mol. The van der Waals surface area contributed by atoms with Crippen molar-refractivity contribution >= 4 is 0 Å². The number of rotatable bonds is 3. The summed E-state index contributed by atoms with van der Waals surface area (Å²) in [5.41, 5.74) is 0. The van der Waals surface area contributed by atoms with Crippen molar-refractivity contribution in [3.05, 3.63) is 12.7 Å². The van der Waals surface area contributed by atoms with E-state index in [1.807, 2.05) is 6.08 Å². The standard InChI is InChI=1S/C10H17N/c1-2-3-6-11-7-4-5-9-8-10(9)11/h2,9-10H,1,3-8H2/t9-,10+/m1/s1. The van der Waals surface area contributed by atoms with Gasteiger partial charge in [-0.1, -0.05) is 6.08 Å². The molecule has 1 aliphatic heterocycles. The van der Waals surface area contributed by atoms with Gasteiger partial charge in [-0.3, -0.25) is 4.90 Å².